The van der Waals surface area contributed by atoms with E-state index in [1.807, 2.05) is 30.3 Å². The normalized spacial score (nSPS) is 13.8. The molecule has 2 rings (SSSR count). The van der Waals surface area contributed by atoms with Gasteiger partial charge in [-0.05, 0) is 46.8 Å². The van der Waals surface area contributed by atoms with Crippen LogP contribution >= 0.6 is 19.2 Å². The fourth-order valence-corrected chi connectivity index (χ4v) is 4.67. The first-order valence-electron chi connectivity index (χ1n) is 9.05. The third-order valence-corrected chi connectivity index (χ3v) is 6.87. The van der Waals surface area contributed by atoms with Crippen molar-refractivity contribution in [3.8, 4) is 5.69 Å². The Hall–Kier alpha value is -1.66. The summed E-state index contributed by atoms with van der Waals surface area (Å²) in [7, 11) is -1.88. The lowest BCUT2D eigenvalue weighted by Gasteiger charge is -2.24. The number of benzene rings is 1. The van der Waals surface area contributed by atoms with Crippen LogP contribution in [0.1, 0.15) is 33.4 Å². The minimum Gasteiger partial charge on any atom is -0.305 e. The molecule has 0 aliphatic rings. The fraction of sp³-hybridized carbons (Fsp3) is 0.474. The highest BCUT2D eigenvalue weighted by Gasteiger charge is 2.36. The molecule has 0 saturated carbocycles. The molecule has 0 saturated heterocycles. The standard InChI is InChI=1S/C19H27ClN3O4P/c1-13(2)26-28(25,27-14(3)4)17(20)12-21-18-15(5)22(6)23(19(18)24)16-10-8-7-9-11-16/h7-14,17H,1-6H3. The molecule has 1 heterocycles. The summed E-state index contributed by atoms with van der Waals surface area (Å²) in [5, 5.41) is -1.12. The van der Waals surface area contributed by atoms with Crippen molar-refractivity contribution < 1.29 is 13.6 Å². The largest absolute Gasteiger partial charge is 0.354 e. The molecule has 0 fully saturated rings. The lowest BCUT2D eigenvalue weighted by atomic mass is 10.3. The van der Waals surface area contributed by atoms with Crippen molar-refractivity contribution in [2.24, 2.45) is 12.0 Å². The van der Waals surface area contributed by atoms with E-state index in [1.165, 1.54) is 10.9 Å². The summed E-state index contributed by atoms with van der Waals surface area (Å²) in [5.41, 5.74) is 1.30. The zero-order chi connectivity index (χ0) is 21.1. The van der Waals surface area contributed by atoms with Crippen LogP contribution in [0.5, 0.6) is 0 Å². The van der Waals surface area contributed by atoms with Gasteiger partial charge < -0.3 is 9.05 Å². The van der Waals surface area contributed by atoms with Crippen molar-refractivity contribution in [3.05, 3.63) is 46.4 Å². The second-order valence-corrected chi connectivity index (χ2v) is 9.74. The molecule has 9 heteroatoms. The lowest BCUT2D eigenvalue weighted by molar-refractivity contribution is 0.143. The molecule has 0 aliphatic carbocycles. The van der Waals surface area contributed by atoms with E-state index in [0.29, 0.717) is 5.69 Å². The molecule has 1 aromatic carbocycles. The van der Waals surface area contributed by atoms with E-state index in [-0.39, 0.29) is 23.5 Å². The first kappa shape index (κ1) is 22.6. The molecule has 0 spiro atoms. The van der Waals surface area contributed by atoms with Crippen LogP contribution in [0.2, 0.25) is 0 Å². The number of hydrogen-bond donors (Lipinski definition) is 0. The van der Waals surface area contributed by atoms with E-state index < -0.39 is 12.7 Å². The Balaban J connectivity index is 2.40. The molecule has 2 aromatic rings. The van der Waals surface area contributed by atoms with Crippen molar-refractivity contribution in [1.29, 1.82) is 0 Å². The fourth-order valence-electron chi connectivity index (χ4n) is 2.65. The average molecular weight is 428 g/mol. The van der Waals surface area contributed by atoms with Crippen LogP contribution in [0, 0.1) is 6.92 Å². The summed E-state index contributed by atoms with van der Waals surface area (Å²) < 4.78 is 27.2. The monoisotopic (exact) mass is 427 g/mol. The van der Waals surface area contributed by atoms with Crippen LogP contribution in [0.3, 0.4) is 0 Å². The summed E-state index contributed by atoms with van der Waals surface area (Å²) in [4.78, 5) is 17.1. The van der Waals surface area contributed by atoms with Crippen LogP contribution in [0.4, 0.5) is 5.69 Å². The number of halogens is 1. The topological polar surface area (TPSA) is 74.8 Å². The highest BCUT2D eigenvalue weighted by atomic mass is 35.5. The van der Waals surface area contributed by atoms with Crippen molar-refractivity contribution in [2.45, 2.75) is 51.9 Å². The Morgan fingerprint density at radius 1 is 1.11 bits per heavy atom. The second kappa shape index (κ2) is 9.23. The van der Waals surface area contributed by atoms with Gasteiger partial charge in [0, 0.05) is 13.3 Å². The maximum absolute atomic E-state index is 13.1. The molecule has 1 atom stereocenters. The van der Waals surface area contributed by atoms with Crippen LogP contribution in [0.15, 0.2) is 40.1 Å². The second-order valence-electron chi connectivity index (χ2n) is 6.91. The van der Waals surface area contributed by atoms with E-state index >= 15 is 0 Å². The molecular weight excluding hydrogens is 401 g/mol. The van der Waals surface area contributed by atoms with Crippen molar-refractivity contribution >= 4 is 31.1 Å². The summed E-state index contributed by atoms with van der Waals surface area (Å²) in [6, 6.07) is 9.25. The average Bonchev–Trinajstić information content (AvgIpc) is 2.81. The molecule has 0 amide bonds. The maximum Gasteiger partial charge on any atom is 0.354 e. The minimum atomic E-state index is -3.65. The number of hydrogen-bond acceptors (Lipinski definition) is 5. The summed E-state index contributed by atoms with van der Waals surface area (Å²) in [6.45, 7) is 8.77. The summed E-state index contributed by atoms with van der Waals surface area (Å²) >= 11 is 6.32. The molecule has 28 heavy (non-hydrogen) atoms. The zero-order valence-electron chi connectivity index (χ0n) is 17.0. The number of nitrogens with zero attached hydrogens (tertiary/aromatic N) is 3. The molecule has 0 N–H and O–H groups in total. The van der Waals surface area contributed by atoms with E-state index in [9.17, 15) is 9.36 Å². The van der Waals surface area contributed by atoms with Gasteiger partial charge in [0.15, 0.2) is 10.8 Å². The molecule has 154 valence electrons. The van der Waals surface area contributed by atoms with Gasteiger partial charge in [0.1, 0.15) is 0 Å². The number of alkyl halides is 1. The quantitative estimate of drug-likeness (QED) is 0.344. The smallest absolute Gasteiger partial charge is 0.305 e. The summed E-state index contributed by atoms with van der Waals surface area (Å²) in [5.74, 6) is 0. The Morgan fingerprint density at radius 3 is 2.14 bits per heavy atom. The maximum atomic E-state index is 13.1. The molecular formula is C19H27ClN3O4P. The van der Waals surface area contributed by atoms with E-state index in [1.54, 1.807) is 46.3 Å². The molecule has 1 aromatic heterocycles. The number of aliphatic imine (C=N–C) groups is 1. The lowest BCUT2D eigenvalue weighted by Crippen LogP contribution is -2.19. The number of aromatic nitrogens is 2. The SMILES string of the molecule is Cc1c(N=CC(Cl)P(=O)(OC(C)C)OC(C)C)c(=O)n(-c2ccccc2)n1C. The van der Waals surface area contributed by atoms with E-state index in [2.05, 4.69) is 4.99 Å². The Kier molecular flexibility index (Phi) is 7.46. The number of para-hydroxylation sites is 1. The van der Waals surface area contributed by atoms with Gasteiger partial charge >= 0.3 is 7.60 Å². The van der Waals surface area contributed by atoms with Crippen molar-refractivity contribution in [3.63, 3.8) is 0 Å². The van der Waals surface area contributed by atoms with Gasteiger partial charge in [-0.15, -0.1) is 11.6 Å². The molecule has 0 radical (unpaired) electrons. The highest BCUT2D eigenvalue weighted by Crippen LogP contribution is 2.56. The molecule has 0 aliphatic heterocycles. The zero-order valence-corrected chi connectivity index (χ0v) is 18.6. The van der Waals surface area contributed by atoms with E-state index in [4.69, 9.17) is 20.6 Å². The minimum absolute atomic E-state index is 0.220. The van der Waals surface area contributed by atoms with Crippen molar-refractivity contribution in [2.75, 3.05) is 0 Å². The first-order valence-corrected chi connectivity index (χ1v) is 11.1. The Labute approximate surface area is 170 Å². The Bertz CT molecular complexity index is 921. The van der Waals surface area contributed by atoms with Crippen LogP contribution in [-0.2, 0) is 20.7 Å². The van der Waals surface area contributed by atoms with E-state index in [0.717, 1.165) is 5.69 Å². The van der Waals surface area contributed by atoms with Crippen LogP contribution < -0.4 is 5.56 Å². The van der Waals surface area contributed by atoms with Crippen molar-refractivity contribution in [1.82, 2.24) is 9.36 Å². The molecule has 1 unspecified atom stereocenters. The van der Waals surface area contributed by atoms with Gasteiger partial charge in [-0.1, -0.05) is 18.2 Å². The number of rotatable bonds is 8. The highest BCUT2D eigenvalue weighted by molar-refractivity contribution is 7.57. The van der Waals surface area contributed by atoms with Gasteiger partial charge in [0.25, 0.3) is 5.56 Å². The van der Waals surface area contributed by atoms with Gasteiger partial charge in [0.2, 0.25) is 0 Å². The van der Waals surface area contributed by atoms with Gasteiger partial charge in [0.05, 0.1) is 23.6 Å². The third-order valence-electron chi connectivity index (χ3n) is 3.87. The van der Waals surface area contributed by atoms with Gasteiger partial charge in [-0.3, -0.25) is 19.0 Å². The predicted molar refractivity (Wildman–Crippen MR) is 114 cm³/mol. The predicted octanol–water partition coefficient (Wildman–Crippen LogP) is 4.79. The summed E-state index contributed by atoms with van der Waals surface area (Å²) in [6.07, 6.45) is 0.576. The van der Waals surface area contributed by atoms with Gasteiger partial charge in [-0.2, -0.15) is 0 Å². The van der Waals surface area contributed by atoms with Crippen LogP contribution in [-0.4, -0.2) is 32.9 Å². The molecule has 0 bridgehead atoms. The van der Waals surface area contributed by atoms with Gasteiger partial charge in [-0.25, -0.2) is 4.68 Å². The van der Waals surface area contributed by atoms with Crippen LogP contribution in [0.25, 0.3) is 5.69 Å². The Morgan fingerprint density at radius 2 is 1.64 bits per heavy atom. The third kappa shape index (κ3) is 5.03. The first-order chi connectivity index (χ1) is 13.1. The molecule has 7 nitrogen and oxygen atoms in total.